The van der Waals surface area contributed by atoms with Crippen LogP contribution in [0.1, 0.15) is 32.3 Å². The lowest BCUT2D eigenvalue weighted by molar-refractivity contribution is -0.130. The average molecular weight is 235 g/mol. The Balaban J connectivity index is 2.59. The monoisotopic (exact) mass is 235 g/mol. The predicted octanol–water partition coefficient (Wildman–Crippen LogP) is 2.33. The lowest BCUT2D eigenvalue weighted by atomic mass is 9.94. The number of carbonyl (C=O) groups is 1. The molecule has 1 N–H and O–H groups in total. The van der Waals surface area contributed by atoms with Crippen LogP contribution in [-0.4, -0.2) is 25.2 Å². The number of ether oxygens (including phenoxy) is 1. The topological polar surface area (TPSA) is 38.3 Å². The van der Waals surface area contributed by atoms with Crippen LogP contribution in [0.3, 0.4) is 0 Å². The van der Waals surface area contributed by atoms with Crippen molar-refractivity contribution in [3.63, 3.8) is 0 Å². The number of carbonyl (C=O) groups excluding carboxylic acids is 1. The van der Waals surface area contributed by atoms with Crippen molar-refractivity contribution in [1.82, 2.24) is 5.32 Å². The first-order chi connectivity index (χ1) is 8.06. The SMILES string of the molecule is CO[C@H](C)C(=O)N[C@H](C)[C@@H](C)c1ccccc1. The largest absolute Gasteiger partial charge is 0.372 e. The van der Waals surface area contributed by atoms with Crippen LogP contribution in [-0.2, 0) is 9.53 Å². The van der Waals surface area contributed by atoms with Crippen LogP contribution in [0.25, 0.3) is 0 Å². The van der Waals surface area contributed by atoms with E-state index in [1.54, 1.807) is 6.92 Å². The molecule has 0 aliphatic carbocycles. The van der Waals surface area contributed by atoms with Crippen molar-refractivity contribution < 1.29 is 9.53 Å². The molecule has 0 aliphatic rings. The maximum atomic E-state index is 11.7. The summed E-state index contributed by atoms with van der Waals surface area (Å²) in [7, 11) is 1.54. The molecule has 0 saturated heterocycles. The number of rotatable bonds is 5. The van der Waals surface area contributed by atoms with Gasteiger partial charge in [0.2, 0.25) is 5.91 Å². The molecule has 1 amide bonds. The summed E-state index contributed by atoms with van der Waals surface area (Å²) < 4.78 is 4.99. The van der Waals surface area contributed by atoms with Gasteiger partial charge >= 0.3 is 0 Å². The summed E-state index contributed by atoms with van der Waals surface area (Å²) >= 11 is 0. The maximum Gasteiger partial charge on any atom is 0.249 e. The first-order valence-electron chi connectivity index (χ1n) is 5.94. The third-order valence-electron chi connectivity index (χ3n) is 3.17. The third kappa shape index (κ3) is 3.86. The van der Waals surface area contributed by atoms with E-state index in [2.05, 4.69) is 24.4 Å². The summed E-state index contributed by atoms with van der Waals surface area (Å²) in [6.07, 6.45) is -0.402. The standard InChI is InChI=1S/C14H21NO2/c1-10(13-8-6-5-7-9-13)11(2)15-14(16)12(3)17-4/h5-12H,1-4H3,(H,15,16)/t10-,11-,12-/m1/s1. The van der Waals surface area contributed by atoms with Crippen molar-refractivity contribution in [2.75, 3.05) is 7.11 Å². The zero-order valence-corrected chi connectivity index (χ0v) is 10.9. The van der Waals surface area contributed by atoms with E-state index in [0.29, 0.717) is 0 Å². The van der Waals surface area contributed by atoms with Crippen molar-refractivity contribution in [3.05, 3.63) is 35.9 Å². The van der Waals surface area contributed by atoms with Crippen LogP contribution in [0.2, 0.25) is 0 Å². The minimum atomic E-state index is -0.402. The molecular weight excluding hydrogens is 214 g/mol. The number of methoxy groups -OCH3 is 1. The number of hydrogen-bond acceptors (Lipinski definition) is 2. The zero-order chi connectivity index (χ0) is 12.8. The molecule has 0 fully saturated rings. The highest BCUT2D eigenvalue weighted by atomic mass is 16.5. The Morgan fingerprint density at radius 2 is 1.76 bits per heavy atom. The molecule has 3 heteroatoms. The summed E-state index contributed by atoms with van der Waals surface area (Å²) in [6, 6.07) is 10.3. The van der Waals surface area contributed by atoms with Gasteiger partial charge in [0.05, 0.1) is 0 Å². The molecule has 17 heavy (non-hydrogen) atoms. The quantitative estimate of drug-likeness (QED) is 0.850. The molecule has 1 aromatic carbocycles. The number of nitrogens with one attached hydrogen (secondary N) is 1. The molecule has 3 nitrogen and oxygen atoms in total. The van der Waals surface area contributed by atoms with E-state index in [4.69, 9.17) is 4.74 Å². The minimum Gasteiger partial charge on any atom is -0.372 e. The molecule has 0 aliphatic heterocycles. The average Bonchev–Trinajstić information content (AvgIpc) is 2.37. The van der Waals surface area contributed by atoms with Crippen LogP contribution < -0.4 is 5.32 Å². The van der Waals surface area contributed by atoms with Gasteiger partial charge in [0.25, 0.3) is 0 Å². The Morgan fingerprint density at radius 1 is 1.18 bits per heavy atom. The van der Waals surface area contributed by atoms with Gasteiger partial charge in [-0.3, -0.25) is 4.79 Å². The fourth-order valence-corrected chi connectivity index (χ4v) is 1.62. The lowest BCUT2D eigenvalue weighted by Gasteiger charge is -2.23. The van der Waals surface area contributed by atoms with Crippen LogP contribution in [0.5, 0.6) is 0 Å². The van der Waals surface area contributed by atoms with Gasteiger partial charge in [-0.25, -0.2) is 0 Å². The van der Waals surface area contributed by atoms with Crippen molar-refractivity contribution in [2.24, 2.45) is 0 Å². The second-order valence-corrected chi connectivity index (χ2v) is 4.37. The number of amides is 1. The number of benzene rings is 1. The fourth-order valence-electron chi connectivity index (χ4n) is 1.62. The van der Waals surface area contributed by atoms with Gasteiger partial charge in [-0.15, -0.1) is 0 Å². The van der Waals surface area contributed by atoms with Crippen molar-refractivity contribution in [3.8, 4) is 0 Å². The van der Waals surface area contributed by atoms with Gasteiger partial charge in [-0.2, -0.15) is 0 Å². The van der Waals surface area contributed by atoms with Crippen LogP contribution >= 0.6 is 0 Å². The van der Waals surface area contributed by atoms with E-state index in [0.717, 1.165) is 0 Å². The van der Waals surface area contributed by atoms with Gasteiger partial charge in [-0.05, 0) is 19.4 Å². The van der Waals surface area contributed by atoms with Gasteiger partial charge in [0.1, 0.15) is 6.10 Å². The van der Waals surface area contributed by atoms with Crippen molar-refractivity contribution in [1.29, 1.82) is 0 Å². The van der Waals surface area contributed by atoms with Crippen LogP contribution in [0.4, 0.5) is 0 Å². The Bertz CT molecular complexity index is 350. The van der Waals surface area contributed by atoms with Gasteiger partial charge in [0, 0.05) is 19.1 Å². The molecule has 3 atom stereocenters. The fraction of sp³-hybridized carbons (Fsp3) is 0.500. The molecule has 0 saturated carbocycles. The molecule has 0 radical (unpaired) electrons. The van der Waals surface area contributed by atoms with E-state index < -0.39 is 6.10 Å². The smallest absolute Gasteiger partial charge is 0.249 e. The predicted molar refractivity (Wildman–Crippen MR) is 68.9 cm³/mol. The molecule has 0 spiro atoms. The molecule has 0 bridgehead atoms. The summed E-state index contributed by atoms with van der Waals surface area (Å²) in [5, 5.41) is 2.96. The molecule has 1 aromatic rings. The van der Waals surface area contributed by atoms with Gasteiger partial charge in [0.15, 0.2) is 0 Å². The normalized spacial score (nSPS) is 16.0. The summed E-state index contributed by atoms with van der Waals surface area (Å²) in [5.41, 5.74) is 1.23. The second kappa shape index (κ2) is 6.40. The lowest BCUT2D eigenvalue weighted by Crippen LogP contribution is -2.41. The third-order valence-corrected chi connectivity index (χ3v) is 3.17. The van der Waals surface area contributed by atoms with Crippen molar-refractivity contribution in [2.45, 2.75) is 38.8 Å². The van der Waals surface area contributed by atoms with E-state index >= 15 is 0 Å². The van der Waals surface area contributed by atoms with Crippen molar-refractivity contribution >= 4 is 5.91 Å². The highest BCUT2D eigenvalue weighted by Gasteiger charge is 2.19. The molecule has 0 aromatic heterocycles. The van der Waals surface area contributed by atoms with Crippen LogP contribution in [0, 0.1) is 0 Å². The van der Waals surface area contributed by atoms with E-state index in [9.17, 15) is 4.79 Å². The van der Waals surface area contributed by atoms with E-state index in [1.807, 2.05) is 25.1 Å². The highest BCUT2D eigenvalue weighted by Crippen LogP contribution is 2.18. The first-order valence-corrected chi connectivity index (χ1v) is 5.94. The molecule has 1 rings (SSSR count). The molecular formula is C14H21NO2. The van der Waals surface area contributed by atoms with E-state index in [-0.39, 0.29) is 17.9 Å². The molecule has 94 valence electrons. The maximum absolute atomic E-state index is 11.7. The Kier molecular flexibility index (Phi) is 5.16. The Morgan fingerprint density at radius 3 is 2.29 bits per heavy atom. The summed E-state index contributed by atoms with van der Waals surface area (Å²) in [4.78, 5) is 11.7. The van der Waals surface area contributed by atoms with Crippen LogP contribution in [0.15, 0.2) is 30.3 Å². The van der Waals surface area contributed by atoms with Gasteiger partial charge < -0.3 is 10.1 Å². The zero-order valence-electron chi connectivity index (χ0n) is 10.9. The second-order valence-electron chi connectivity index (χ2n) is 4.37. The highest BCUT2D eigenvalue weighted by molar-refractivity contribution is 5.80. The minimum absolute atomic E-state index is 0.0669. The summed E-state index contributed by atoms with van der Waals surface area (Å²) in [6.45, 7) is 5.87. The summed E-state index contributed by atoms with van der Waals surface area (Å²) in [5.74, 6) is 0.215. The number of hydrogen-bond donors (Lipinski definition) is 1. The molecule has 0 heterocycles. The first kappa shape index (κ1) is 13.7. The molecule has 0 unspecified atom stereocenters. The Hall–Kier alpha value is -1.35. The van der Waals surface area contributed by atoms with E-state index in [1.165, 1.54) is 12.7 Å². The van der Waals surface area contributed by atoms with Gasteiger partial charge in [-0.1, -0.05) is 37.3 Å². The Labute approximate surface area is 103 Å².